The number of aromatic carboxylic acids is 1. The molecule has 6 rings (SSSR count). The van der Waals surface area contributed by atoms with Gasteiger partial charge in [0.05, 0.1) is 18.3 Å². The molecule has 11 heteroatoms. The zero-order valence-electron chi connectivity index (χ0n) is 19.8. The van der Waals surface area contributed by atoms with Crippen molar-refractivity contribution in [3.8, 4) is 11.3 Å². The van der Waals surface area contributed by atoms with Gasteiger partial charge in [-0.1, -0.05) is 5.16 Å². The smallest absolute Gasteiger partial charge is 0.434 e. The lowest BCUT2D eigenvalue weighted by atomic mass is 9.99. The Morgan fingerprint density at radius 3 is 2.49 bits per heavy atom. The van der Waals surface area contributed by atoms with E-state index in [0.29, 0.717) is 11.3 Å². The molecule has 2 aliphatic heterocycles. The quantitative estimate of drug-likeness (QED) is 0.445. The monoisotopic (exact) mass is 514 g/mol. The number of halogens is 3. The van der Waals surface area contributed by atoms with Gasteiger partial charge in [0.15, 0.2) is 5.69 Å². The normalized spacial score (nSPS) is 23.4. The van der Waals surface area contributed by atoms with Gasteiger partial charge >= 0.3 is 12.1 Å². The van der Waals surface area contributed by atoms with Gasteiger partial charge in [-0.05, 0) is 62.8 Å². The molecule has 0 amide bonds. The fourth-order valence-corrected chi connectivity index (χ4v) is 5.67. The van der Waals surface area contributed by atoms with Crippen molar-refractivity contribution in [1.82, 2.24) is 15.1 Å². The minimum atomic E-state index is -4.61. The molecule has 2 bridgehead atoms. The van der Waals surface area contributed by atoms with Crippen LogP contribution in [-0.2, 0) is 17.5 Å². The number of anilines is 1. The molecule has 1 N–H and O–H groups in total. The summed E-state index contributed by atoms with van der Waals surface area (Å²) in [6.45, 7) is 0.118. The maximum absolute atomic E-state index is 13.7. The molecule has 37 heavy (non-hydrogen) atoms. The highest BCUT2D eigenvalue weighted by Crippen LogP contribution is 2.46. The highest BCUT2D eigenvalue weighted by Gasteiger charge is 2.43. The van der Waals surface area contributed by atoms with E-state index in [9.17, 15) is 18.0 Å². The summed E-state index contributed by atoms with van der Waals surface area (Å²) >= 11 is 0. The summed E-state index contributed by atoms with van der Waals surface area (Å²) in [4.78, 5) is 21.3. The predicted octanol–water partition coefficient (Wildman–Crippen LogP) is 5.44. The average Bonchev–Trinajstić information content (AvgIpc) is 3.58. The van der Waals surface area contributed by atoms with Crippen LogP contribution in [0.4, 0.5) is 19.0 Å². The SMILES string of the molecule is O=C(O)c1ccc(N2[C@@H]3CC[C@H]2CC(OCc2c(-c4cccnc4C(F)(F)F)noc2C2CC2)C3)nc1. The number of alkyl halides is 3. The first-order valence-electron chi connectivity index (χ1n) is 12.4. The van der Waals surface area contributed by atoms with Gasteiger partial charge in [-0.15, -0.1) is 0 Å². The lowest BCUT2D eigenvalue weighted by molar-refractivity contribution is -0.140. The van der Waals surface area contributed by atoms with Gasteiger partial charge in [-0.2, -0.15) is 13.2 Å². The Balaban J connectivity index is 1.20. The molecule has 1 aliphatic carbocycles. The Hall–Kier alpha value is -3.47. The molecule has 3 fully saturated rings. The molecule has 2 saturated heterocycles. The van der Waals surface area contributed by atoms with Crippen molar-refractivity contribution < 1.29 is 32.3 Å². The molecule has 0 radical (unpaired) electrons. The summed E-state index contributed by atoms with van der Waals surface area (Å²) in [7, 11) is 0. The van der Waals surface area contributed by atoms with Crippen molar-refractivity contribution in [3.63, 3.8) is 0 Å². The number of ether oxygens (including phenoxy) is 1. The first-order valence-corrected chi connectivity index (χ1v) is 12.4. The van der Waals surface area contributed by atoms with Crippen LogP contribution < -0.4 is 4.90 Å². The second kappa shape index (κ2) is 9.13. The van der Waals surface area contributed by atoms with Crippen LogP contribution in [0.5, 0.6) is 0 Å². The Labute approximate surface area is 210 Å². The second-order valence-electron chi connectivity index (χ2n) is 9.95. The van der Waals surface area contributed by atoms with Gasteiger partial charge in [-0.25, -0.2) is 9.78 Å². The lowest BCUT2D eigenvalue weighted by Gasteiger charge is -2.39. The van der Waals surface area contributed by atoms with E-state index in [0.717, 1.165) is 50.5 Å². The van der Waals surface area contributed by atoms with Gasteiger partial charge < -0.3 is 19.3 Å². The van der Waals surface area contributed by atoms with Crippen LogP contribution in [-0.4, -0.2) is 44.4 Å². The maximum atomic E-state index is 13.7. The van der Waals surface area contributed by atoms with Gasteiger partial charge in [0.2, 0.25) is 0 Å². The lowest BCUT2D eigenvalue weighted by Crippen LogP contribution is -2.46. The summed E-state index contributed by atoms with van der Waals surface area (Å²) in [5.74, 6) is 0.504. The van der Waals surface area contributed by atoms with Crippen LogP contribution in [0.2, 0.25) is 0 Å². The third-order valence-corrected chi connectivity index (χ3v) is 7.51. The highest BCUT2D eigenvalue weighted by molar-refractivity contribution is 5.87. The number of carboxylic acids is 1. The Morgan fingerprint density at radius 2 is 1.86 bits per heavy atom. The summed E-state index contributed by atoms with van der Waals surface area (Å²) in [5.41, 5.74) is -0.227. The van der Waals surface area contributed by atoms with E-state index in [1.165, 1.54) is 18.3 Å². The minimum Gasteiger partial charge on any atom is -0.478 e. The number of rotatable bonds is 7. The van der Waals surface area contributed by atoms with Crippen molar-refractivity contribution >= 4 is 11.8 Å². The highest BCUT2D eigenvalue weighted by atomic mass is 19.4. The van der Waals surface area contributed by atoms with Crippen LogP contribution in [0, 0.1) is 0 Å². The van der Waals surface area contributed by atoms with E-state index in [-0.39, 0.29) is 47.5 Å². The molecular weight excluding hydrogens is 489 g/mol. The van der Waals surface area contributed by atoms with Crippen molar-refractivity contribution in [3.05, 3.63) is 59.2 Å². The van der Waals surface area contributed by atoms with E-state index >= 15 is 0 Å². The summed E-state index contributed by atoms with van der Waals surface area (Å²) in [6, 6.07) is 6.54. The molecule has 8 nitrogen and oxygen atoms in total. The van der Waals surface area contributed by atoms with E-state index in [2.05, 4.69) is 20.0 Å². The third kappa shape index (κ3) is 4.56. The van der Waals surface area contributed by atoms with E-state index in [4.69, 9.17) is 14.4 Å². The standard InChI is InChI=1S/C26H25F3N4O4/c27-26(28,29)24-19(2-1-9-30-24)22-20(23(37-32-22)14-3-4-14)13-36-18-10-16-6-7-17(11-18)33(16)21-8-5-15(12-31-21)25(34)35/h1-2,5,8-9,12,14,16-18H,3-4,6-7,10-11,13H2,(H,34,35)/t16-,17+,18?. The minimum absolute atomic E-state index is 0.0715. The van der Waals surface area contributed by atoms with Crippen LogP contribution in [0.15, 0.2) is 41.2 Å². The molecule has 0 spiro atoms. The average molecular weight is 515 g/mol. The number of aromatic nitrogens is 3. The largest absolute Gasteiger partial charge is 0.478 e. The van der Waals surface area contributed by atoms with Gasteiger partial charge in [-0.3, -0.25) is 4.98 Å². The first kappa shape index (κ1) is 23.9. The van der Waals surface area contributed by atoms with Crippen LogP contribution in [0.25, 0.3) is 11.3 Å². The van der Waals surface area contributed by atoms with Gasteiger partial charge in [0.25, 0.3) is 0 Å². The van der Waals surface area contributed by atoms with Crippen LogP contribution in [0.3, 0.4) is 0 Å². The number of piperidine rings is 1. The van der Waals surface area contributed by atoms with Crippen LogP contribution >= 0.6 is 0 Å². The van der Waals surface area contributed by atoms with E-state index < -0.39 is 17.8 Å². The zero-order chi connectivity index (χ0) is 25.7. The number of pyridine rings is 2. The number of carboxylic acid groups (broad SMARTS) is 1. The van der Waals surface area contributed by atoms with Crippen molar-refractivity contribution in [2.45, 2.75) is 75.4 Å². The fourth-order valence-electron chi connectivity index (χ4n) is 5.67. The van der Waals surface area contributed by atoms with Crippen LogP contribution in [0.1, 0.15) is 71.8 Å². The Bertz CT molecular complexity index is 1290. The number of hydrogen-bond acceptors (Lipinski definition) is 7. The molecule has 0 aromatic carbocycles. The van der Waals surface area contributed by atoms with Crippen molar-refractivity contribution in [1.29, 1.82) is 0 Å². The van der Waals surface area contributed by atoms with Crippen molar-refractivity contribution in [2.75, 3.05) is 4.90 Å². The topological polar surface area (TPSA) is 102 Å². The van der Waals surface area contributed by atoms with Crippen molar-refractivity contribution in [2.24, 2.45) is 0 Å². The third-order valence-electron chi connectivity index (χ3n) is 7.51. The molecule has 3 aromatic rings. The molecular formula is C26H25F3N4O4. The molecule has 1 unspecified atom stereocenters. The molecule has 5 heterocycles. The first-order chi connectivity index (χ1) is 17.8. The maximum Gasteiger partial charge on any atom is 0.434 e. The molecule has 1 saturated carbocycles. The molecule has 3 atom stereocenters. The van der Waals surface area contributed by atoms with Gasteiger partial charge in [0.1, 0.15) is 17.3 Å². The zero-order valence-corrected chi connectivity index (χ0v) is 19.8. The van der Waals surface area contributed by atoms with Gasteiger partial charge in [0, 0.05) is 41.5 Å². The van der Waals surface area contributed by atoms with E-state index in [1.807, 2.05) is 0 Å². The Kier molecular flexibility index (Phi) is 5.89. The summed E-state index contributed by atoms with van der Waals surface area (Å²) < 4.78 is 52.9. The molecule has 194 valence electrons. The molecule has 3 aliphatic rings. The summed E-state index contributed by atoms with van der Waals surface area (Å²) in [6.07, 6.45) is 3.09. The van der Waals surface area contributed by atoms with E-state index in [1.54, 1.807) is 12.1 Å². The second-order valence-corrected chi connectivity index (χ2v) is 9.95. The fraction of sp³-hybridized carbons (Fsp3) is 0.462. The summed E-state index contributed by atoms with van der Waals surface area (Å²) in [5, 5.41) is 13.2. The predicted molar refractivity (Wildman–Crippen MR) is 125 cm³/mol. The number of hydrogen-bond donors (Lipinski definition) is 1. The molecule has 3 aromatic heterocycles. The number of fused-ring (bicyclic) bond motifs is 2. The number of nitrogens with zero attached hydrogens (tertiary/aromatic N) is 4. The number of carbonyl (C=O) groups is 1. The Morgan fingerprint density at radius 1 is 1.11 bits per heavy atom.